The van der Waals surface area contributed by atoms with Gasteiger partial charge in [-0.3, -0.25) is 10.3 Å². The van der Waals surface area contributed by atoms with Crippen molar-refractivity contribution in [2.75, 3.05) is 14.2 Å². The lowest BCUT2D eigenvalue weighted by atomic mass is 9.93. The zero-order valence-electron chi connectivity index (χ0n) is 17.7. The Morgan fingerprint density at radius 3 is 2.56 bits per heavy atom. The number of carbonyl (C=O) groups is 1. The molecule has 0 spiro atoms. The molecule has 3 aromatic rings. The van der Waals surface area contributed by atoms with Crippen LogP contribution < -0.4 is 10.1 Å². The number of halogens is 1. The third-order valence-electron chi connectivity index (χ3n) is 5.46. The van der Waals surface area contributed by atoms with Gasteiger partial charge in [-0.15, -0.1) is 0 Å². The highest BCUT2D eigenvalue weighted by atomic mass is 35.5. The van der Waals surface area contributed by atoms with Crippen molar-refractivity contribution in [3.8, 4) is 11.5 Å². The fourth-order valence-electron chi connectivity index (χ4n) is 3.78. The molecule has 0 radical (unpaired) electrons. The van der Waals surface area contributed by atoms with Crippen LogP contribution in [0.4, 0.5) is 0 Å². The summed E-state index contributed by atoms with van der Waals surface area (Å²) in [7, 11) is 2.98. The van der Waals surface area contributed by atoms with Crippen LogP contribution in [-0.4, -0.2) is 31.0 Å². The number of rotatable bonds is 5. The van der Waals surface area contributed by atoms with Crippen molar-refractivity contribution in [2.24, 2.45) is 4.99 Å². The van der Waals surface area contributed by atoms with Crippen molar-refractivity contribution in [1.82, 2.24) is 5.32 Å². The molecule has 0 fully saturated rings. The van der Waals surface area contributed by atoms with Crippen molar-refractivity contribution in [1.29, 1.82) is 0 Å². The van der Waals surface area contributed by atoms with Crippen molar-refractivity contribution < 1.29 is 19.4 Å². The average molecular weight is 451 g/mol. The van der Waals surface area contributed by atoms with Gasteiger partial charge in [0, 0.05) is 28.8 Å². The number of esters is 1. The van der Waals surface area contributed by atoms with Gasteiger partial charge in [0.2, 0.25) is 0 Å². The van der Waals surface area contributed by atoms with Crippen molar-refractivity contribution >= 4 is 23.3 Å². The van der Waals surface area contributed by atoms with Crippen LogP contribution in [0.15, 0.2) is 71.7 Å². The Labute approximate surface area is 191 Å². The minimum atomic E-state index is -0.391. The van der Waals surface area contributed by atoms with Crippen LogP contribution in [0.3, 0.4) is 0 Å². The van der Waals surface area contributed by atoms with E-state index in [1.807, 2.05) is 42.5 Å². The summed E-state index contributed by atoms with van der Waals surface area (Å²) < 4.78 is 10.2. The van der Waals surface area contributed by atoms with Gasteiger partial charge in [0.1, 0.15) is 17.7 Å². The maximum Gasteiger partial charge on any atom is 0.337 e. The number of hydrogen-bond donors (Lipinski definition) is 2. The van der Waals surface area contributed by atoms with E-state index in [0.29, 0.717) is 17.0 Å². The number of carbonyl (C=O) groups excluding carboxylic acids is 1. The van der Waals surface area contributed by atoms with Crippen LogP contribution >= 0.6 is 11.6 Å². The van der Waals surface area contributed by atoms with Crippen LogP contribution in [-0.2, 0) is 4.74 Å². The van der Waals surface area contributed by atoms with Gasteiger partial charge < -0.3 is 14.6 Å². The zero-order valence-corrected chi connectivity index (χ0v) is 18.5. The number of ether oxygens (including phenoxy) is 2. The smallest absolute Gasteiger partial charge is 0.337 e. The first-order chi connectivity index (χ1) is 15.5. The minimum absolute atomic E-state index is 0.127. The quantitative estimate of drug-likeness (QED) is 0.531. The fourth-order valence-corrected chi connectivity index (χ4v) is 3.95. The molecule has 2 atom stereocenters. The number of aliphatic imine (C=N–C) groups is 1. The topological polar surface area (TPSA) is 80.2 Å². The zero-order chi connectivity index (χ0) is 22.7. The highest BCUT2D eigenvalue weighted by molar-refractivity contribution is 6.30. The summed E-state index contributed by atoms with van der Waals surface area (Å²) in [6.45, 7) is 0. The molecule has 4 rings (SSSR count). The van der Waals surface area contributed by atoms with E-state index in [1.54, 1.807) is 25.3 Å². The van der Waals surface area contributed by atoms with E-state index < -0.39 is 5.97 Å². The molecule has 0 aliphatic carbocycles. The van der Waals surface area contributed by atoms with Gasteiger partial charge in [-0.1, -0.05) is 41.9 Å². The van der Waals surface area contributed by atoms with Crippen LogP contribution in [0.25, 0.3) is 0 Å². The second-order valence-corrected chi connectivity index (χ2v) is 7.89. The van der Waals surface area contributed by atoms with Gasteiger partial charge in [-0.2, -0.15) is 0 Å². The monoisotopic (exact) mass is 450 g/mol. The lowest BCUT2D eigenvalue weighted by molar-refractivity contribution is 0.0600. The number of nitrogens with one attached hydrogen (secondary N) is 1. The molecule has 0 bridgehead atoms. The first-order valence-corrected chi connectivity index (χ1v) is 10.5. The Bertz CT molecular complexity index is 1160. The number of hydrogen-bond acceptors (Lipinski definition) is 6. The molecule has 3 aromatic carbocycles. The average Bonchev–Trinajstić information content (AvgIpc) is 2.83. The molecular weight excluding hydrogens is 428 g/mol. The predicted octanol–water partition coefficient (Wildman–Crippen LogP) is 5.06. The standard InChI is InChI=1S/C25H23ClN2O4/c1-31-19-5-3-4-17(12-19)21-14-22(20-11-10-18(26)13-23(20)29)28-24(27-21)15-6-8-16(9-7-15)25(30)32-2/h3-13,22,24,28-29H,14H2,1-2H3/t22-,24-/m0/s1. The highest BCUT2D eigenvalue weighted by Gasteiger charge is 2.28. The molecule has 32 heavy (non-hydrogen) atoms. The van der Waals surface area contributed by atoms with Gasteiger partial charge in [0.05, 0.1) is 19.8 Å². The van der Waals surface area contributed by atoms with Gasteiger partial charge >= 0.3 is 5.97 Å². The number of benzene rings is 3. The summed E-state index contributed by atoms with van der Waals surface area (Å²) >= 11 is 6.03. The van der Waals surface area contributed by atoms with Crippen LogP contribution in [0.5, 0.6) is 11.5 Å². The molecule has 1 aliphatic heterocycles. The molecule has 7 heteroatoms. The summed E-state index contributed by atoms with van der Waals surface area (Å²) in [4.78, 5) is 16.7. The normalized spacial score (nSPS) is 18.0. The summed E-state index contributed by atoms with van der Waals surface area (Å²) in [6, 6.07) is 19.8. The molecular formula is C25H23ClN2O4. The van der Waals surface area contributed by atoms with Crippen molar-refractivity contribution in [3.05, 3.63) is 94.0 Å². The Kier molecular flexibility index (Phi) is 6.44. The summed E-state index contributed by atoms with van der Waals surface area (Å²) in [5.74, 6) is 0.480. The third-order valence-corrected chi connectivity index (χ3v) is 5.69. The van der Waals surface area contributed by atoms with E-state index in [9.17, 15) is 9.90 Å². The number of phenols is 1. The first kappa shape index (κ1) is 21.9. The molecule has 0 aromatic heterocycles. The van der Waals surface area contributed by atoms with E-state index in [4.69, 9.17) is 26.1 Å². The SMILES string of the molecule is COC(=O)c1ccc([C@H]2N=C(c3cccc(OC)c3)C[C@@H](c3ccc(Cl)cc3O)N2)cc1. The van der Waals surface area contributed by atoms with E-state index in [1.165, 1.54) is 13.2 Å². The number of methoxy groups -OCH3 is 2. The Morgan fingerprint density at radius 1 is 1.09 bits per heavy atom. The Morgan fingerprint density at radius 2 is 1.88 bits per heavy atom. The van der Waals surface area contributed by atoms with Crippen molar-refractivity contribution in [2.45, 2.75) is 18.6 Å². The van der Waals surface area contributed by atoms with E-state index in [-0.39, 0.29) is 18.0 Å². The van der Waals surface area contributed by atoms with Crippen LogP contribution in [0.1, 0.15) is 45.7 Å². The second kappa shape index (κ2) is 9.42. The lowest BCUT2D eigenvalue weighted by Gasteiger charge is -2.31. The molecule has 0 saturated heterocycles. The van der Waals surface area contributed by atoms with Crippen molar-refractivity contribution in [3.63, 3.8) is 0 Å². The summed E-state index contributed by atoms with van der Waals surface area (Å²) in [5, 5.41) is 14.5. The highest BCUT2D eigenvalue weighted by Crippen LogP contribution is 2.36. The van der Waals surface area contributed by atoms with Crippen LogP contribution in [0, 0.1) is 0 Å². The predicted molar refractivity (Wildman–Crippen MR) is 124 cm³/mol. The molecule has 164 valence electrons. The maximum atomic E-state index is 11.8. The van der Waals surface area contributed by atoms with E-state index >= 15 is 0 Å². The molecule has 0 saturated carbocycles. The number of aromatic hydroxyl groups is 1. The largest absolute Gasteiger partial charge is 0.508 e. The molecule has 6 nitrogen and oxygen atoms in total. The van der Waals surface area contributed by atoms with Crippen LogP contribution in [0.2, 0.25) is 5.02 Å². The molecule has 1 heterocycles. The van der Waals surface area contributed by atoms with Gasteiger partial charge in [-0.05, 0) is 47.5 Å². The molecule has 0 unspecified atom stereocenters. The van der Waals surface area contributed by atoms with E-state index in [0.717, 1.165) is 28.2 Å². The van der Waals surface area contributed by atoms with Gasteiger partial charge in [0.15, 0.2) is 0 Å². The third kappa shape index (κ3) is 4.61. The maximum absolute atomic E-state index is 11.8. The second-order valence-electron chi connectivity index (χ2n) is 7.45. The minimum Gasteiger partial charge on any atom is -0.508 e. The number of nitrogens with zero attached hydrogens (tertiary/aromatic N) is 1. The molecule has 2 N–H and O–H groups in total. The summed E-state index contributed by atoms with van der Waals surface area (Å²) in [5.41, 5.74) is 3.91. The lowest BCUT2D eigenvalue weighted by Crippen LogP contribution is -2.33. The van der Waals surface area contributed by atoms with Gasteiger partial charge in [0.25, 0.3) is 0 Å². The molecule has 0 amide bonds. The fraction of sp³-hybridized carbons (Fsp3) is 0.200. The van der Waals surface area contributed by atoms with E-state index in [2.05, 4.69) is 5.32 Å². The first-order valence-electron chi connectivity index (χ1n) is 10.1. The van der Waals surface area contributed by atoms with Gasteiger partial charge in [-0.25, -0.2) is 4.79 Å². The number of phenolic OH excluding ortho intramolecular Hbond substituents is 1. The Balaban J connectivity index is 1.73. The molecule has 1 aliphatic rings. The Hall–Kier alpha value is -3.35. The summed E-state index contributed by atoms with van der Waals surface area (Å²) in [6.07, 6.45) is 0.191.